The number of hydrogen-bond acceptors (Lipinski definition) is 2. The van der Waals surface area contributed by atoms with E-state index in [4.69, 9.17) is 0 Å². The molecular weight excluding hydrogens is 1080 g/mol. The fraction of sp³-hybridized carbons (Fsp3) is 0.0714. The van der Waals surface area contributed by atoms with E-state index in [9.17, 15) is 0 Å². The largest absolute Gasteiger partial charge is 0.310 e. The Balaban J connectivity index is 1.03. The number of benzene rings is 13. The molecule has 5 heteroatoms. The van der Waals surface area contributed by atoms with Crippen LogP contribution in [0.4, 0.5) is 34.1 Å². The molecule has 13 aromatic carbocycles. The zero-order valence-corrected chi connectivity index (χ0v) is 50.6. The van der Waals surface area contributed by atoms with Gasteiger partial charge in [0.1, 0.15) is 0 Å². The van der Waals surface area contributed by atoms with Gasteiger partial charge in [-0.25, -0.2) is 0 Å². The van der Waals surface area contributed by atoms with Gasteiger partial charge in [-0.1, -0.05) is 239 Å². The first-order valence-electron chi connectivity index (χ1n) is 31.2. The summed E-state index contributed by atoms with van der Waals surface area (Å²) in [6.07, 6.45) is 0. The number of hydrogen-bond donors (Lipinski definition) is 0. The van der Waals surface area contributed by atoms with E-state index in [1.807, 2.05) is 0 Å². The molecule has 4 nitrogen and oxygen atoms in total. The second kappa shape index (κ2) is 20.4. The minimum absolute atomic E-state index is 0.171. The zero-order valence-electron chi connectivity index (χ0n) is 50.6. The number of rotatable bonds is 8. The van der Waals surface area contributed by atoms with Crippen molar-refractivity contribution in [2.75, 3.05) is 9.80 Å². The molecule has 17 rings (SSSR count). The summed E-state index contributed by atoms with van der Waals surface area (Å²) >= 11 is 0. The van der Waals surface area contributed by atoms with Crippen LogP contribution in [0.15, 0.2) is 291 Å². The molecule has 4 heterocycles. The van der Waals surface area contributed by atoms with Crippen LogP contribution in [0.25, 0.3) is 99.5 Å². The maximum atomic E-state index is 2.68. The molecule has 0 saturated heterocycles. The van der Waals surface area contributed by atoms with Crippen molar-refractivity contribution >= 4 is 101 Å². The Labute approximate surface area is 520 Å². The lowest BCUT2D eigenvalue weighted by atomic mass is 9.33. The minimum Gasteiger partial charge on any atom is -0.310 e. The van der Waals surface area contributed by atoms with E-state index < -0.39 is 0 Å². The van der Waals surface area contributed by atoms with Gasteiger partial charge in [-0.3, -0.25) is 0 Å². The van der Waals surface area contributed by atoms with E-state index in [0.29, 0.717) is 0 Å². The molecule has 0 fully saturated rings. The second-order valence-corrected chi connectivity index (χ2v) is 25.2. The van der Waals surface area contributed by atoms with Gasteiger partial charge in [0.25, 0.3) is 6.71 Å². The van der Waals surface area contributed by atoms with Gasteiger partial charge in [0.2, 0.25) is 0 Å². The maximum Gasteiger partial charge on any atom is 0.252 e. The lowest BCUT2D eigenvalue weighted by Crippen LogP contribution is -2.62. The molecule has 0 amide bonds. The first-order chi connectivity index (χ1) is 43.7. The Morgan fingerprint density at radius 1 is 0.281 bits per heavy atom. The molecule has 422 valence electrons. The van der Waals surface area contributed by atoms with Gasteiger partial charge in [0.05, 0.1) is 44.8 Å². The monoisotopic (exact) mass is 1140 g/mol. The van der Waals surface area contributed by atoms with Crippen molar-refractivity contribution in [2.24, 2.45) is 0 Å². The van der Waals surface area contributed by atoms with Crippen molar-refractivity contribution in [1.82, 2.24) is 9.13 Å². The van der Waals surface area contributed by atoms with E-state index in [2.05, 4.69) is 345 Å². The number of nitrogens with zero attached hydrogens (tertiary/aromatic N) is 4. The molecular formula is C84H63BN4. The summed E-state index contributed by atoms with van der Waals surface area (Å²) in [5.41, 5.74) is 30.6. The molecule has 0 N–H and O–H groups in total. The average Bonchev–Trinajstić information content (AvgIpc) is 1.05. The van der Waals surface area contributed by atoms with Gasteiger partial charge >= 0.3 is 0 Å². The quantitative estimate of drug-likeness (QED) is 0.141. The predicted molar refractivity (Wildman–Crippen MR) is 379 cm³/mol. The molecule has 2 aliphatic heterocycles. The van der Waals surface area contributed by atoms with Crippen LogP contribution in [-0.4, -0.2) is 15.8 Å². The molecule has 15 aromatic rings. The average molecular weight is 1140 g/mol. The Morgan fingerprint density at radius 2 is 0.596 bits per heavy atom. The molecule has 0 bridgehead atoms. The van der Waals surface area contributed by atoms with Crippen LogP contribution in [0.5, 0.6) is 0 Å². The molecule has 0 atom stereocenters. The Bertz CT molecular complexity index is 4900. The number of fused-ring (bicyclic) bond motifs is 10. The number of anilines is 6. The van der Waals surface area contributed by atoms with Gasteiger partial charge < -0.3 is 18.9 Å². The Morgan fingerprint density at radius 3 is 0.944 bits per heavy atom. The highest BCUT2D eigenvalue weighted by Crippen LogP contribution is 2.53. The number of aromatic nitrogens is 2. The summed E-state index contributed by atoms with van der Waals surface area (Å²) in [7, 11) is 0. The molecule has 2 aromatic heterocycles. The van der Waals surface area contributed by atoms with E-state index >= 15 is 0 Å². The summed E-state index contributed by atoms with van der Waals surface area (Å²) in [4.78, 5) is 5.37. The topological polar surface area (TPSA) is 16.3 Å². The highest BCUT2D eigenvalue weighted by molar-refractivity contribution is 7.00. The van der Waals surface area contributed by atoms with Crippen LogP contribution < -0.4 is 26.2 Å². The van der Waals surface area contributed by atoms with Gasteiger partial charge in [0, 0.05) is 55.4 Å². The molecule has 0 spiro atoms. The van der Waals surface area contributed by atoms with E-state index in [-0.39, 0.29) is 12.1 Å². The molecule has 0 radical (unpaired) electrons. The van der Waals surface area contributed by atoms with E-state index in [0.717, 1.165) is 45.0 Å². The summed E-state index contributed by atoms with van der Waals surface area (Å²) in [6, 6.07) is 109. The SMILES string of the molecule is Cc1c(-n2c3ccccc3c3ccccc32)ccc2c1N(c1ccc(-c3ccccc3)cc1-c1ccccc1)c1cc(C(C)(C)C)cc3c1B2c1ccc(-n2c4ccccc4c4ccccc42)c(C)c1N3c1ccc(-c2ccccc2)cc1-c1ccccc1. The predicted octanol–water partition coefficient (Wildman–Crippen LogP) is 20.5. The lowest BCUT2D eigenvalue weighted by Gasteiger charge is -2.47. The minimum atomic E-state index is -0.266. The lowest BCUT2D eigenvalue weighted by molar-refractivity contribution is 0.590. The van der Waals surface area contributed by atoms with Crippen molar-refractivity contribution < 1.29 is 0 Å². The fourth-order valence-electron chi connectivity index (χ4n) is 15.1. The van der Waals surface area contributed by atoms with Crippen LogP contribution >= 0.6 is 0 Å². The third kappa shape index (κ3) is 8.15. The van der Waals surface area contributed by atoms with Gasteiger partial charge in [-0.05, 0) is 159 Å². The highest BCUT2D eigenvalue weighted by Gasteiger charge is 2.47. The standard InChI is InChI=1S/C84H63BN4/c1-54-71(86-73-38-22-18-34-63(73)64-35-19-23-39-74(64)86)48-44-69-82(54)88(77-46-42-60(56-26-10-6-11-27-56)50-67(77)58-30-14-8-15-31-58)79-52-62(84(3,4)5)53-80-81(79)85(69)70-45-49-72(87-75-40-24-20-36-65(75)66-37-21-25-41-76(66)87)55(2)83(70)89(80)78-47-43-61(57-28-12-7-13-29-57)51-68(78)59-32-16-9-17-33-59/h6-53H,1-5H3. The molecule has 0 aliphatic carbocycles. The van der Waals surface area contributed by atoms with Crippen LogP contribution in [0.2, 0.25) is 0 Å². The zero-order chi connectivity index (χ0) is 59.6. The normalized spacial score (nSPS) is 12.7. The first-order valence-corrected chi connectivity index (χ1v) is 31.2. The summed E-state index contributed by atoms with van der Waals surface area (Å²) < 4.78 is 5.04. The van der Waals surface area contributed by atoms with E-state index in [1.165, 1.54) is 122 Å². The Kier molecular flexibility index (Phi) is 12.0. The maximum absolute atomic E-state index is 2.68. The van der Waals surface area contributed by atoms with Crippen molar-refractivity contribution in [3.63, 3.8) is 0 Å². The van der Waals surface area contributed by atoms with Gasteiger partial charge in [-0.2, -0.15) is 0 Å². The molecule has 89 heavy (non-hydrogen) atoms. The van der Waals surface area contributed by atoms with Crippen molar-refractivity contribution in [2.45, 2.75) is 40.0 Å². The third-order valence-electron chi connectivity index (χ3n) is 19.2. The third-order valence-corrected chi connectivity index (χ3v) is 19.2. The Hall–Kier alpha value is -10.9. The summed E-state index contributed by atoms with van der Waals surface area (Å²) in [5.74, 6) is 0. The van der Waals surface area contributed by atoms with Crippen LogP contribution in [0.3, 0.4) is 0 Å². The van der Waals surface area contributed by atoms with Gasteiger partial charge in [-0.15, -0.1) is 0 Å². The molecule has 2 aliphatic rings. The van der Waals surface area contributed by atoms with E-state index in [1.54, 1.807) is 0 Å². The summed E-state index contributed by atoms with van der Waals surface area (Å²) in [6.45, 7) is 11.7. The number of para-hydroxylation sites is 4. The van der Waals surface area contributed by atoms with Gasteiger partial charge in [0.15, 0.2) is 0 Å². The van der Waals surface area contributed by atoms with Crippen molar-refractivity contribution in [1.29, 1.82) is 0 Å². The van der Waals surface area contributed by atoms with Crippen LogP contribution in [0, 0.1) is 13.8 Å². The second-order valence-electron chi connectivity index (χ2n) is 25.2. The highest BCUT2D eigenvalue weighted by atomic mass is 15.2. The fourth-order valence-corrected chi connectivity index (χ4v) is 15.1. The van der Waals surface area contributed by atoms with Crippen LogP contribution in [-0.2, 0) is 5.41 Å². The first kappa shape index (κ1) is 52.5. The van der Waals surface area contributed by atoms with Crippen molar-refractivity contribution in [3.05, 3.63) is 308 Å². The smallest absolute Gasteiger partial charge is 0.252 e. The molecule has 0 saturated carbocycles. The van der Waals surface area contributed by atoms with Crippen LogP contribution in [0.1, 0.15) is 37.5 Å². The summed E-state index contributed by atoms with van der Waals surface area (Å²) in [5, 5.41) is 4.97. The van der Waals surface area contributed by atoms with Crippen molar-refractivity contribution in [3.8, 4) is 55.9 Å². The molecule has 0 unspecified atom stereocenters.